The highest BCUT2D eigenvalue weighted by Gasteiger charge is 2.26. The maximum absolute atomic E-state index is 6.44. The summed E-state index contributed by atoms with van der Waals surface area (Å²) in [5.41, 5.74) is 12.0. The van der Waals surface area contributed by atoms with Gasteiger partial charge in [0.15, 0.2) is 0 Å². The highest BCUT2D eigenvalue weighted by atomic mass is 14.7. The number of aromatic nitrogens is 1. The highest BCUT2D eigenvalue weighted by molar-refractivity contribution is 5.83. The van der Waals surface area contributed by atoms with E-state index in [4.69, 9.17) is 5.73 Å². The number of benzene rings is 2. The number of para-hydroxylation sites is 1. The fourth-order valence-corrected chi connectivity index (χ4v) is 3.90. The van der Waals surface area contributed by atoms with E-state index in [1.807, 2.05) is 0 Å². The first-order valence-corrected chi connectivity index (χ1v) is 8.21. The number of nitrogens with one attached hydrogen (secondary N) is 1. The Labute approximate surface area is 131 Å². The molecule has 1 aliphatic rings. The molecule has 3 N–H and O–H groups in total. The molecule has 2 unspecified atom stereocenters. The van der Waals surface area contributed by atoms with Gasteiger partial charge in [0.1, 0.15) is 0 Å². The van der Waals surface area contributed by atoms with Gasteiger partial charge in [-0.2, -0.15) is 0 Å². The maximum atomic E-state index is 6.44. The predicted octanol–water partition coefficient (Wildman–Crippen LogP) is 4.16. The molecule has 3 aromatic rings. The first-order chi connectivity index (χ1) is 10.8. The first-order valence-electron chi connectivity index (χ1n) is 8.21. The zero-order chi connectivity index (χ0) is 14.9. The average molecular weight is 290 g/mol. The van der Waals surface area contributed by atoms with Crippen LogP contribution in [0.25, 0.3) is 10.9 Å². The van der Waals surface area contributed by atoms with E-state index >= 15 is 0 Å². The second-order valence-corrected chi connectivity index (χ2v) is 6.41. The van der Waals surface area contributed by atoms with Crippen molar-refractivity contribution >= 4 is 10.9 Å². The normalized spacial score (nSPS) is 21.0. The zero-order valence-electron chi connectivity index (χ0n) is 12.8. The van der Waals surface area contributed by atoms with Crippen LogP contribution in [0, 0.1) is 0 Å². The monoisotopic (exact) mass is 290 g/mol. The van der Waals surface area contributed by atoms with Crippen LogP contribution in [0.5, 0.6) is 0 Å². The molecule has 0 amide bonds. The van der Waals surface area contributed by atoms with Gasteiger partial charge in [0.25, 0.3) is 0 Å². The van der Waals surface area contributed by atoms with Crippen molar-refractivity contribution in [3.63, 3.8) is 0 Å². The molecule has 0 saturated heterocycles. The molecule has 4 rings (SSSR count). The summed E-state index contributed by atoms with van der Waals surface area (Å²) in [6, 6.07) is 17.7. The van der Waals surface area contributed by atoms with E-state index in [2.05, 4.69) is 59.7 Å². The lowest BCUT2D eigenvalue weighted by Gasteiger charge is -2.31. The second-order valence-electron chi connectivity index (χ2n) is 6.41. The van der Waals surface area contributed by atoms with Gasteiger partial charge < -0.3 is 10.7 Å². The van der Waals surface area contributed by atoms with Crippen molar-refractivity contribution in [2.24, 2.45) is 5.73 Å². The van der Waals surface area contributed by atoms with Crippen molar-refractivity contribution < 1.29 is 0 Å². The van der Waals surface area contributed by atoms with Crippen molar-refractivity contribution in [1.29, 1.82) is 0 Å². The minimum atomic E-state index is 0.292. The molecule has 1 heterocycles. The Hall–Kier alpha value is -2.06. The molecule has 2 heteroatoms. The van der Waals surface area contributed by atoms with Gasteiger partial charge in [0.05, 0.1) is 0 Å². The Morgan fingerprint density at radius 3 is 2.82 bits per heavy atom. The van der Waals surface area contributed by atoms with Crippen LogP contribution < -0.4 is 5.73 Å². The van der Waals surface area contributed by atoms with Crippen LogP contribution in [0.2, 0.25) is 0 Å². The van der Waals surface area contributed by atoms with Gasteiger partial charge in [-0.05, 0) is 54.4 Å². The van der Waals surface area contributed by atoms with Gasteiger partial charge in [0.2, 0.25) is 0 Å². The van der Waals surface area contributed by atoms with Crippen molar-refractivity contribution in [3.05, 3.63) is 71.4 Å². The fourth-order valence-electron chi connectivity index (χ4n) is 3.90. The van der Waals surface area contributed by atoms with Crippen LogP contribution in [-0.4, -0.2) is 11.0 Å². The van der Waals surface area contributed by atoms with Crippen molar-refractivity contribution in [2.75, 3.05) is 0 Å². The third-order valence-electron chi connectivity index (χ3n) is 5.12. The SMILES string of the molecule is NC1CCc2ccccc2C1CCc1c[nH]c2ccccc12. The van der Waals surface area contributed by atoms with Crippen LogP contribution in [0.1, 0.15) is 35.4 Å². The molecule has 0 fully saturated rings. The van der Waals surface area contributed by atoms with E-state index in [1.54, 1.807) is 0 Å². The van der Waals surface area contributed by atoms with E-state index in [0.717, 1.165) is 25.7 Å². The van der Waals surface area contributed by atoms with Crippen LogP contribution in [0.15, 0.2) is 54.7 Å². The number of hydrogen-bond acceptors (Lipinski definition) is 1. The van der Waals surface area contributed by atoms with Crippen LogP contribution in [-0.2, 0) is 12.8 Å². The molecule has 0 saturated carbocycles. The number of hydrogen-bond donors (Lipinski definition) is 2. The lowest BCUT2D eigenvalue weighted by atomic mass is 9.77. The molecule has 112 valence electrons. The van der Waals surface area contributed by atoms with Gasteiger partial charge in [0, 0.05) is 23.1 Å². The van der Waals surface area contributed by atoms with E-state index in [-0.39, 0.29) is 0 Å². The maximum Gasteiger partial charge on any atom is 0.0456 e. The standard InChI is InChI=1S/C20H22N2/c21-19-12-10-14-5-1-2-6-16(14)18(19)11-9-15-13-22-20-8-4-3-7-17(15)20/h1-8,13,18-19,22H,9-12,21H2. The first kappa shape index (κ1) is 13.6. The summed E-state index contributed by atoms with van der Waals surface area (Å²) in [6.07, 6.45) is 6.60. The molecule has 1 aromatic heterocycles. The molecular weight excluding hydrogens is 268 g/mol. The summed E-state index contributed by atoms with van der Waals surface area (Å²) in [5.74, 6) is 0.485. The van der Waals surface area contributed by atoms with Crippen LogP contribution in [0.4, 0.5) is 0 Å². The number of H-pyrrole nitrogens is 1. The van der Waals surface area contributed by atoms with E-state index in [0.29, 0.717) is 12.0 Å². The van der Waals surface area contributed by atoms with Gasteiger partial charge in [-0.15, -0.1) is 0 Å². The summed E-state index contributed by atoms with van der Waals surface area (Å²) < 4.78 is 0. The summed E-state index contributed by atoms with van der Waals surface area (Å²) >= 11 is 0. The molecule has 0 aliphatic heterocycles. The number of aryl methyl sites for hydroxylation is 2. The Kier molecular flexibility index (Phi) is 3.47. The molecule has 0 radical (unpaired) electrons. The fraction of sp³-hybridized carbons (Fsp3) is 0.300. The van der Waals surface area contributed by atoms with Gasteiger partial charge >= 0.3 is 0 Å². The van der Waals surface area contributed by atoms with Gasteiger partial charge in [-0.3, -0.25) is 0 Å². The molecule has 2 aromatic carbocycles. The average Bonchev–Trinajstić information content (AvgIpc) is 2.97. The van der Waals surface area contributed by atoms with Crippen LogP contribution >= 0.6 is 0 Å². The number of nitrogens with two attached hydrogens (primary N) is 1. The number of aromatic amines is 1. The van der Waals surface area contributed by atoms with Gasteiger partial charge in [-0.25, -0.2) is 0 Å². The minimum Gasteiger partial charge on any atom is -0.361 e. The molecular formula is C20H22N2. The Balaban J connectivity index is 1.59. The predicted molar refractivity (Wildman–Crippen MR) is 92.1 cm³/mol. The quantitative estimate of drug-likeness (QED) is 0.747. The van der Waals surface area contributed by atoms with Crippen molar-refractivity contribution in [1.82, 2.24) is 4.98 Å². The lowest BCUT2D eigenvalue weighted by molar-refractivity contribution is 0.447. The topological polar surface area (TPSA) is 41.8 Å². The van der Waals surface area contributed by atoms with Crippen molar-refractivity contribution in [2.45, 2.75) is 37.6 Å². The Bertz CT molecular complexity index is 787. The van der Waals surface area contributed by atoms with E-state index in [1.165, 1.54) is 27.6 Å². The molecule has 2 atom stereocenters. The van der Waals surface area contributed by atoms with Gasteiger partial charge in [-0.1, -0.05) is 42.5 Å². The highest BCUT2D eigenvalue weighted by Crippen LogP contribution is 2.34. The third kappa shape index (κ3) is 2.34. The Morgan fingerprint density at radius 1 is 1.05 bits per heavy atom. The molecule has 22 heavy (non-hydrogen) atoms. The molecule has 2 nitrogen and oxygen atoms in total. The zero-order valence-corrected chi connectivity index (χ0v) is 12.8. The largest absolute Gasteiger partial charge is 0.361 e. The van der Waals surface area contributed by atoms with E-state index < -0.39 is 0 Å². The smallest absolute Gasteiger partial charge is 0.0456 e. The summed E-state index contributed by atoms with van der Waals surface area (Å²) in [7, 11) is 0. The number of fused-ring (bicyclic) bond motifs is 2. The third-order valence-corrected chi connectivity index (χ3v) is 5.12. The summed E-state index contributed by atoms with van der Waals surface area (Å²) in [4.78, 5) is 3.38. The van der Waals surface area contributed by atoms with E-state index in [9.17, 15) is 0 Å². The number of rotatable bonds is 3. The Morgan fingerprint density at radius 2 is 1.86 bits per heavy atom. The molecule has 0 spiro atoms. The summed E-state index contributed by atoms with van der Waals surface area (Å²) in [6.45, 7) is 0. The minimum absolute atomic E-state index is 0.292. The van der Waals surface area contributed by atoms with Crippen LogP contribution in [0.3, 0.4) is 0 Å². The second kappa shape index (κ2) is 5.62. The molecule has 0 bridgehead atoms. The molecule has 1 aliphatic carbocycles. The summed E-state index contributed by atoms with van der Waals surface area (Å²) in [5, 5.41) is 1.35. The lowest BCUT2D eigenvalue weighted by Crippen LogP contribution is -2.33. The van der Waals surface area contributed by atoms with Crippen molar-refractivity contribution in [3.8, 4) is 0 Å².